The minimum atomic E-state index is -3.16. The third kappa shape index (κ3) is 3.70. The summed E-state index contributed by atoms with van der Waals surface area (Å²) in [6.07, 6.45) is 4.19. The standard InChI is InChI=1S/C15H20N4O3S/c1-23(21,22)18-8-5-12(6-9-18)15(20)16-11-13-10-14-4-2-3-7-19(14)17-13/h2-4,7,10,12H,5-6,8-9,11H2,1H3,(H,16,20). The second kappa shape index (κ2) is 6.29. The molecule has 0 spiro atoms. The lowest BCUT2D eigenvalue weighted by Crippen LogP contribution is -2.42. The fraction of sp³-hybridized carbons (Fsp3) is 0.467. The van der Waals surface area contributed by atoms with Crippen LogP contribution in [0.1, 0.15) is 18.5 Å². The molecule has 0 atom stereocenters. The minimum absolute atomic E-state index is 0.0322. The first-order valence-corrected chi connectivity index (χ1v) is 9.44. The van der Waals surface area contributed by atoms with Crippen molar-refractivity contribution < 1.29 is 13.2 Å². The molecule has 0 radical (unpaired) electrons. The molecule has 0 unspecified atom stereocenters. The molecule has 1 N–H and O–H groups in total. The van der Waals surface area contributed by atoms with E-state index in [0.717, 1.165) is 11.2 Å². The topological polar surface area (TPSA) is 83.8 Å². The zero-order valence-corrected chi connectivity index (χ0v) is 13.8. The minimum Gasteiger partial charge on any atom is -0.350 e. The molecule has 0 saturated carbocycles. The van der Waals surface area contributed by atoms with E-state index in [-0.39, 0.29) is 11.8 Å². The van der Waals surface area contributed by atoms with Crippen LogP contribution in [0.4, 0.5) is 0 Å². The molecular weight excluding hydrogens is 316 g/mol. The van der Waals surface area contributed by atoms with Gasteiger partial charge in [-0.1, -0.05) is 6.07 Å². The van der Waals surface area contributed by atoms with Gasteiger partial charge in [-0.15, -0.1) is 0 Å². The second-order valence-electron chi connectivity index (χ2n) is 5.86. The zero-order chi connectivity index (χ0) is 16.4. The van der Waals surface area contributed by atoms with Gasteiger partial charge in [-0.2, -0.15) is 5.10 Å². The Hall–Kier alpha value is -1.93. The Morgan fingerprint density at radius 3 is 2.74 bits per heavy atom. The van der Waals surface area contributed by atoms with Gasteiger partial charge in [-0.3, -0.25) is 4.79 Å². The van der Waals surface area contributed by atoms with Crippen molar-refractivity contribution >= 4 is 21.4 Å². The van der Waals surface area contributed by atoms with Gasteiger partial charge in [-0.05, 0) is 31.0 Å². The number of hydrogen-bond donors (Lipinski definition) is 1. The van der Waals surface area contributed by atoms with E-state index in [4.69, 9.17) is 0 Å². The van der Waals surface area contributed by atoms with Crippen molar-refractivity contribution in [3.05, 3.63) is 36.2 Å². The maximum absolute atomic E-state index is 12.2. The van der Waals surface area contributed by atoms with Gasteiger partial charge in [0.2, 0.25) is 15.9 Å². The summed E-state index contributed by atoms with van der Waals surface area (Å²) in [7, 11) is -3.16. The van der Waals surface area contributed by atoms with Gasteiger partial charge >= 0.3 is 0 Å². The molecular formula is C15H20N4O3S. The normalized spacial score (nSPS) is 17.4. The van der Waals surface area contributed by atoms with E-state index in [1.807, 2.05) is 30.5 Å². The molecule has 3 heterocycles. The van der Waals surface area contributed by atoms with Gasteiger partial charge in [0.05, 0.1) is 24.0 Å². The highest BCUT2D eigenvalue weighted by atomic mass is 32.2. The molecule has 0 bridgehead atoms. The Morgan fingerprint density at radius 2 is 2.09 bits per heavy atom. The van der Waals surface area contributed by atoms with Crippen LogP contribution in [0.2, 0.25) is 0 Å². The van der Waals surface area contributed by atoms with Gasteiger partial charge in [0.25, 0.3) is 0 Å². The monoisotopic (exact) mass is 336 g/mol. The number of amides is 1. The summed E-state index contributed by atoms with van der Waals surface area (Å²) in [5, 5.41) is 7.29. The van der Waals surface area contributed by atoms with Crippen LogP contribution < -0.4 is 5.32 Å². The highest BCUT2D eigenvalue weighted by molar-refractivity contribution is 7.88. The summed E-state index contributed by atoms with van der Waals surface area (Å²) in [4.78, 5) is 12.2. The largest absolute Gasteiger partial charge is 0.350 e. The molecule has 23 heavy (non-hydrogen) atoms. The van der Waals surface area contributed by atoms with Crippen LogP contribution in [0.3, 0.4) is 0 Å². The fourth-order valence-electron chi connectivity index (χ4n) is 2.85. The van der Waals surface area contributed by atoms with E-state index >= 15 is 0 Å². The zero-order valence-electron chi connectivity index (χ0n) is 13.0. The summed E-state index contributed by atoms with van der Waals surface area (Å²) < 4.78 is 26.1. The number of fused-ring (bicyclic) bond motifs is 1. The van der Waals surface area contributed by atoms with Gasteiger partial charge in [0.1, 0.15) is 0 Å². The number of hydrogen-bond acceptors (Lipinski definition) is 4. The van der Waals surface area contributed by atoms with Crippen molar-refractivity contribution in [2.24, 2.45) is 5.92 Å². The molecule has 2 aromatic rings. The predicted octanol–water partition coefficient (Wildman–Crippen LogP) is 0.622. The number of piperidine rings is 1. The molecule has 1 fully saturated rings. The second-order valence-corrected chi connectivity index (χ2v) is 7.84. The number of aromatic nitrogens is 2. The van der Waals surface area contributed by atoms with E-state index in [9.17, 15) is 13.2 Å². The van der Waals surface area contributed by atoms with Crippen LogP contribution in [0.25, 0.3) is 5.52 Å². The number of carbonyl (C=O) groups excluding carboxylic acids is 1. The summed E-state index contributed by atoms with van der Waals surface area (Å²) in [6.45, 7) is 1.20. The lowest BCUT2D eigenvalue weighted by Gasteiger charge is -2.29. The molecule has 0 aromatic carbocycles. The van der Waals surface area contributed by atoms with Gasteiger partial charge in [0.15, 0.2) is 0 Å². The molecule has 1 saturated heterocycles. The fourth-order valence-corrected chi connectivity index (χ4v) is 3.72. The van der Waals surface area contributed by atoms with Crippen molar-refractivity contribution in [1.82, 2.24) is 19.2 Å². The van der Waals surface area contributed by atoms with Gasteiger partial charge in [-0.25, -0.2) is 17.2 Å². The molecule has 0 aliphatic carbocycles. The highest BCUT2D eigenvalue weighted by Crippen LogP contribution is 2.19. The number of rotatable bonds is 4. The molecule has 1 amide bonds. The lowest BCUT2D eigenvalue weighted by molar-refractivity contribution is -0.126. The van der Waals surface area contributed by atoms with E-state index in [0.29, 0.717) is 32.5 Å². The smallest absolute Gasteiger partial charge is 0.223 e. The first-order valence-electron chi connectivity index (χ1n) is 7.59. The van der Waals surface area contributed by atoms with E-state index in [2.05, 4.69) is 10.4 Å². The third-order valence-corrected chi connectivity index (χ3v) is 5.46. The third-order valence-electron chi connectivity index (χ3n) is 4.16. The molecule has 3 rings (SSSR count). The molecule has 1 aliphatic heterocycles. The summed E-state index contributed by atoms with van der Waals surface area (Å²) in [5.41, 5.74) is 1.79. The van der Waals surface area contributed by atoms with E-state index in [1.165, 1.54) is 10.6 Å². The number of nitrogens with one attached hydrogen (secondary N) is 1. The first kappa shape index (κ1) is 15.9. The van der Waals surface area contributed by atoms with Crippen molar-refractivity contribution in [3.63, 3.8) is 0 Å². The van der Waals surface area contributed by atoms with Gasteiger partial charge < -0.3 is 5.32 Å². The average Bonchev–Trinajstić information content (AvgIpc) is 2.95. The van der Waals surface area contributed by atoms with Crippen LogP contribution in [0.5, 0.6) is 0 Å². The number of sulfonamides is 1. The number of pyridine rings is 1. The Labute approximate surface area is 135 Å². The van der Waals surface area contributed by atoms with Crippen LogP contribution in [0, 0.1) is 5.92 Å². The van der Waals surface area contributed by atoms with E-state index in [1.54, 1.807) is 4.52 Å². The van der Waals surface area contributed by atoms with Crippen molar-refractivity contribution in [2.45, 2.75) is 19.4 Å². The predicted molar refractivity (Wildman–Crippen MR) is 86.2 cm³/mol. The maximum Gasteiger partial charge on any atom is 0.223 e. The average molecular weight is 336 g/mol. The van der Waals surface area contributed by atoms with Gasteiger partial charge in [0, 0.05) is 25.2 Å². The summed E-state index contributed by atoms with van der Waals surface area (Å²) >= 11 is 0. The number of nitrogens with zero attached hydrogens (tertiary/aromatic N) is 3. The Balaban J connectivity index is 1.54. The van der Waals surface area contributed by atoms with E-state index < -0.39 is 10.0 Å². The Kier molecular flexibility index (Phi) is 4.36. The Morgan fingerprint density at radius 1 is 1.35 bits per heavy atom. The maximum atomic E-state index is 12.2. The molecule has 124 valence electrons. The van der Waals surface area contributed by atoms with Crippen LogP contribution in [0.15, 0.2) is 30.5 Å². The summed E-state index contributed by atoms with van der Waals surface area (Å²) in [5.74, 6) is -0.166. The molecule has 8 heteroatoms. The van der Waals surface area contributed by atoms with Crippen LogP contribution >= 0.6 is 0 Å². The number of carbonyl (C=O) groups is 1. The highest BCUT2D eigenvalue weighted by Gasteiger charge is 2.28. The molecule has 2 aromatic heterocycles. The van der Waals surface area contributed by atoms with Crippen molar-refractivity contribution in [1.29, 1.82) is 0 Å². The van der Waals surface area contributed by atoms with Crippen LogP contribution in [-0.4, -0.2) is 47.6 Å². The Bertz CT molecular complexity index is 774. The lowest BCUT2D eigenvalue weighted by atomic mass is 9.97. The SMILES string of the molecule is CS(=O)(=O)N1CCC(C(=O)NCc2cc3ccccn3n2)CC1. The van der Waals surface area contributed by atoms with Crippen LogP contribution in [-0.2, 0) is 21.4 Å². The van der Waals surface area contributed by atoms with Crippen molar-refractivity contribution in [3.8, 4) is 0 Å². The quantitative estimate of drug-likeness (QED) is 0.887. The van der Waals surface area contributed by atoms with Crippen molar-refractivity contribution in [2.75, 3.05) is 19.3 Å². The summed E-state index contributed by atoms with van der Waals surface area (Å²) in [6, 6.07) is 7.73. The molecule has 7 nitrogen and oxygen atoms in total. The first-order chi connectivity index (χ1) is 10.9. The molecule has 1 aliphatic rings.